The highest BCUT2D eigenvalue weighted by molar-refractivity contribution is 6.46. The van der Waals surface area contributed by atoms with Gasteiger partial charge >= 0.3 is 0 Å². The SMILES string of the molecule is Cc1ccc(C2/C(=C(/O)c3ccc(Cl)cc3)C(=O)C(=O)N2CCc2c[nH]c3ccccc23)cc1. The fraction of sp³-hybridized carbons (Fsp3) is 0.143. The summed E-state index contributed by atoms with van der Waals surface area (Å²) in [5, 5.41) is 12.7. The molecule has 0 aliphatic carbocycles. The Labute approximate surface area is 202 Å². The number of fused-ring (bicyclic) bond motifs is 1. The fourth-order valence-electron chi connectivity index (χ4n) is 4.55. The van der Waals surface area contributed by atoms with Crippen molar-refractivity contribution in [1.29, 1.82) is 0 Å². The third-order valence-electron chi connectivity index (χ3n) is 6.35. The first-order chi connectivity index (χ1) is 16.4. The van der Waals surface area contributed by atoms with E-state index in [1.165, 1.54) is 0 Å². The number of likely N-dealkylation sites (tertiary alicyclic amines) is 1. The van der Waals surface area contributed by atoms with Gasteiger partial charge < -0.3 is 15.0 Å². The van der Waals surface area contributed by atoms with Gasteiger partial charge in [0.15, 0.2) is 0 Å². The third kappa shape index (κ3) is 3.88. The van der Waals surface area contributed by atoms with Gasteiger partial charge in [0.2, 0.25) is 0 Å². The zero-order chi connectivity index (χ0) is 23.8. The first kappa shape index (κ1) is 22.0. The van der Waals surface area contributed by atoms with E-state index in [0.717, 1.165) is 27.6 Å². The number of carbonyl (C=O) groups excluding carboxylic acids is 2. The van der Waals surface area contributed by atoms with Gasteiger partial charge in [-0.3, -0.25) is 9.59 Å². The molecular weight excluding hydrogens is 448 g/mol. The van der Waals surface area contributed by atoms with Crippen LogP contribution in [-0.4, -0.2) is 33.2 Å². The standard InChI is InChI=1S/C28H23ClN2O3/c1-17-6-8-18(9-7-17)25-24(26(32)19-10-12-21(29)13-11-19)27(33)28(34)31(25)15-14-20-16-30-23-5-3-2-4-22(20)23/h2-13,16,25,30,32H,14-15H2,1H3/b26-24-. The lowest BCUT2D eigenvalue weighted by Crippen LogP contribution is -2.31. The van der Waals surface area contributed by atoms with Gasteiger partial charge in [0, 0.05) is 34.2 Å². The number of benzene rings is 3. The predicted octanol–water partition coefficient (Wildman–Crippen LogP) is 5.79. The third-order valence-corrected chi connectivity index (χ3v) is 6.60. The van der Waals surface area contributed by atoms with Crippen LogP contribution in [0.25, 0.3) is 16.7 Å². The van der Waals surface area contributed by atoms with E-state index in [1.54, 1.807) is 29.2 Å². The van der Waals surface area contributed by atoms with Crippen LogP contribution in [0.1, 0.15) is 28.3 Å². The molecule has 2 heterocycles. The molecule has 1 saturated heterocycles. The Balaban J connectivity index is 1.56. The predicted molar refractivity (Wildman–Crippen MR) is 134 cm³/mol. The average Bonchev–Trinajstić information content (AvgIpc) is 3.37. The van der Waals surface area contributed by atoms with E-state index in [1.807, 2.05) is 61.7 Å². The van der Waals surface area contributed by atoms with Gasteiger partial charge in [-0.05, 0) is 54.8 Å². The van der Waals surface area contributed by atoms with Crippen molar-refractivity contribution in [2.24, 2.45) is 0 Å². The highest BCUT2D eigenvalue weighted by Gasteiger charge is 2.45. The lowest BCUT2D eigenvalue weighted by atomic mass is 9.94. The first-order valence-electron chi connectivity index (χ1n) is 11.1. The summed E-state index contributed by atoms with van der Waals surface area (Å²) in [4.78, 5) is 31.2. The minimum atomic E-state index is -0.683. The monoisotopic (exact) mass is 470 g/mol. The number of aromatic amines is 1. The zero-order valence-corrected chi connectivity index (χ0v) is 19.3. The molecule has 0 radical (unpaired) electrons. The second-order valence-corrected chi connectivity index (χ2v) is 8.96. The Morgan fingerprint density at radius 2 is 1.71 bits per heavy atom. The molecule has 6 heteroatoms. The summed E-state index contributed by atoms with van der Waals surface area (Å²) in [6.45, 7) is 2.31. The number of nitrogens with zero attached hydrogens (tertiary/aromatic N) is 1. The summed E-state index contributed by atoms with van der Waals surface area (Å²) >= 11 is 5.99. The molecule has 3 aromatic carbocycles. The van der Waals surface area contributed by atoms with E-state index >= 15 is 0 Å². The molecule has 1 fully saturated rings. The summed E-state index contributed by atoms with van der Waals surface area (Å²) in [5.74, 6) is -1.49. The van der Waals surface area contributed by atoms with E-state index < -0.39 is 17.7 Å². The highest BCUT2D eigenvalue weighted by Crippen LogP contribution is 2.39. The van der Waals surface area contributed by atoms with Crippen LogP contribution < -0.4 is 0 Å². The molecule has 2 N–H and O–H groups in total. The number of rotatable bonds is 5. The number of H-pyrrole nitrogens is 1. The number of aromatic nitrogens is 1. The smallest absolute Gasteiger partial charge is 0.295 e. The minimum Gasteiger partial charge on any atom is -0.507 e. The van der Waals surface area contributed by atoms with Gasteiger partial charge in [-0.25, -0.2) is 0 Å². The topological polar surface area (TPSA) is 73.4 Å². The molecule has 5 rings (SSSR count). The van der Waals surface area contributed by atoms with E-state index in [0.29, 0.717) is 23.6 Å². The molecule has 0 bridgehead atoms. The van der Waals surface area contributed by atoms with E-state index in [-0.39, 0.29) is 11.3 Å². The number of ketones is 1. The van der Waals surface area contributed by atoms with E-state index in [4.69, 9.17) is 11.6 Å². The largest absolute Gasteiger partial charge is 0.507 e. The van der Waals surface area contributed by atoms with Crippen molar-refractivity contribution in [3.05, 3.63) is 112 Å². The Morgan fingerprint density at radius 3 is 2.44 bits per heavy atom. The number of aliphatic hydroxyl groups is 1. The maximum Gasteiger partial charge on any atom is 0.295 e. The summed E-state index contributed by atoms with van der Waals surface area (Å²) in [7, 11) is 0. The minimum absolute atomic E-state index is 0.0927. The van der Waals surface area contributed by atoms with Crippen LogP contribution in [0, 0.1) is 6.92 Å². The van der Waals surface area contributed by atoms with Crippen LogP contribution in [0.15, 0.2) is 84.6 Å². The van der Waals surface area contributed by atoms with Crippen LogP contribution >= 0.6 is 11.6 Å². The Hall–Kier alpha value is -3.83. The number of aliphatic hydroxyl groups excluding tert-OH is 1. The average molecular weight is 471 g/mol. The lowest BCUT2D eigenvalue weighted by Gasteiger charge is -2.25. The number of amides is 1. The molecule has 4 aromatic rings. The second kappa shape index (κ2) is 8.84. The van der Waals surface area contributed by atoms with Crippen LogP contribution in [0.4, 0.5) is 0 Å². The summed E-state index contributed by atoms with van der Waals surface area (Å²) < 4.78 is 0. The van der Waals surface area contributed by atoms with Gasteiger partial charge in [-0.1, -0.05) is 59.6 Å². The molecule has 0 spiro atoms. The second-order valence-electron chi connectivity index (χ2n) is 8.52. The van der Waals surface area contributed by atoms with Crippen LogP contribution in [0.5, 0.6) is 0 Å². The number of para-hydroxylation sites is 1. The van der Waals surface area contributed by atoms with E-state index in [9.17, 15) is 14.7 Å². The maximum atomic E-state index is 13.2. The Bertz CT molecular complexity index is 1420. The van der Waals surface area contributed by atoms with Crippen molar-refractivity contribution in [3.8, 4) is 0 Å². The maximum absolute atomic E-state index is 13.2. The Kier molecular flexibility index (Phi) is 5.72. The number of nitrogens with one attached hydrogen (secondary N) is 1. The molecule has 1 aliphatic heterocycles. The summed E-state index contributed by atoms with van der Waals surface area (Å²) in [5.41, 5.74) is 4.47. The lowest BCUT2D eigenvalue weighted by molar-refractivity contribution is -0.139. The number of hydrogen-bond acceptors (Lipinski definition) is 3. The van der Waals surface area contributed by atoms with Crippen LogP contribution in [0.2, 0.25) is 5.02 Å². The van der Waals surface area contributed by atoms with Crippen molar-refractivity contribution >= 4 is 40.0 Å². The van der Waals surface area contributed by atoms with Gasteiger partial charge in [-0.2, -0.15) is 0 Å². The summed E-state index contributed by atoms with van der Waals surface area (Å²) in [6, 6.07) is 21.6. The number of hydrogen-bond donors (Lipinski definition) is 2. The molecule has 1 unspecified atom stereocenters. The van der Waals surface area contributed by atoms with Crippen LogP contribution in [-0.2, 0) is 16.0 Å². The van der Waals surface area contributed by atoms with Gasteiger partial charge in [0.05, 0.1) is 11.6 Å². The quantitative estimate of drug-likeness (QED) is 0.220. The highest BCUT2D eigenvalue weighted by atomic mass is 35.5. The van der Waals surface area contributed by atoms with Crippen LogP contribution in [0.3, 0.4) is 0 Å². The van der Waals surface area contributed by atoms with Crippen molar-refractivity contribution in [1.82, 2.24) is 9.88 Å². The molecule has 34 heavy (non-hydrogen) atoms. The molecule has 5 nitrogen and oxygen atoms in total. The number of halogens is 1. The molecule has 0 saturated carbocycles. The molecule has 1 aromatic heterocycles. The first-order valence-corrected chi connectivity index (χ1v) is 11.5. The molecule has 1 aliphatic rings. The number of aryl methyl sites for hydroxylation is 1. The van der Waals surface area contributed by atoms with E-state index in [2.05, 4.69) is 4.98 Å². The van der Waals surface area contributed by atoms with Crippen molar-refractivity contribution in [2.45, 2.75) is 19.4 Å². The number of carbonyl (C=O) groups is 2. The van der Waals surface area contributed by atoms with Gasteiger partial charge in [0.1, 0.15) is 5.76 Å². The Morgan fingerprint density at radius 1 is 1.00 bits per heavy atom. The fourth-order valence-corrected chi connectivity index (χ4v) is 4.67. The molecule has 1 amide bonds. The molecular formula is C28H23ClN2O3. The molecule has 1 atom stereocenters. The van der Waals surface area contributed by atoms with Gasteiger partial charge in [0.25, 0.3) is 11.7 Å². The zero-order valence-electron chi connectivity index (χ0n) is 18.6. The normalized spacial score (nSPS) is 17.6. The van der Waals surface area contributed by atoms with Crippen molar-refractivity contribution in [3.63, 3.8) is 0 Å². The molecule has 170 valence electrons. The van der Waals surface area contributed by atoms with Crippen molar-refractivity contribution in [2.75, 3.05) is 6.54 Å². The number of Topliss-reactive ketones (excluding diaryl/α,β-unsaturated/α-hetero) is 1. The van der Waals surface area contributed by atoms with Gasteiger partial charge in [-0.15, -0.1) is 0 Å². The van der Waals surface area contributed by atoms with Crippen molar-refractivity contribution < 1.29 is 14.7 Å². The summed E-state index contributed by atoms with van der Waals surface area (Å²) in [6.07, 6.45) is 2.51.